The number of Topliss-reactive ketones (excluding diaryl/α,β-unsaturated/α-hetero) is 2. The lowest BCUT2D eigenvalue weighted by molar-refractivity contribution is -0.125. The fourth-order valence-corrected chi connectivity index (χ4v) is 8.29. The first-order chi connectivity index (χ1) is 13.7. The lowest BCUT2D eigenvalue weighted by Gasteiger charge is -2.57. The van der Waals surface area contributed by atoms with Crippen LogP contribution in [0.15, 0.2) is 11.6 Å². The second kappa shape index (κ2) is 7.65. The van der Waals surface area contributed by atoms with E-state index in [2.05, 4.69) is 40.7 Å². The molecule has 3 saturated carbocycles. The van der Waals surface area contributed by atoms with Gasteiger partial charge in [-0.25, -0.2) is 0 Å². The minimum absolute atomic E-state index is 0.196. The zero-order chi connectivity index (χ0) is 21.0. The van der Waals surface area contributed by atoms with E-state index in [0.29, 0.717) is 41.7 Å². The Kier molecular flexibility index (Phi) is 5.62. The predicted octanol–water partition coefficient (Wildman–Crippen LogP) is 6.78. The van der Waals surface area contributed by atoms with Gasteiger partial charge in [0.15, 0.2) is 0 Å². The topological polar surface area (TPSA) is 34.1 Å². The second-order valence-corrected chi connectivity index (χ2v) is 12.0. The van der Waals surface area contributed by atoms with Gasteiger partial charge in [-0.15, -0.1) is 0 Å². The summed E-state index contributed by atoms with van der Waals surface area (Å²) in [6, 6.07) is 0. The lowest BCUT2D eigenvalue weighted by Crippen LogP contribution is -2.50. The van der Waals surface area contributed by atoms with Crippen LogP contribution in [-0.4, -0.2) is 11.6 Å². The molecule has 2 nitrogen and oxygen atoms in total. The van der Waals surface area contributed by atoms with Crippen LogP contribution in [0.5, 0.6) is 0 Å². The largest absolute Gasteiger partial charge is 0.299 e. The molecule has 4 aliphatic carbocycles. The van der Waals surface area contributed by atoms with Crippen LogP contribution < -0.4 is 0 Å². The van der Waals surface area contributed by atoms with Gasteiger partial charge < -0.3 is 0 Å². The lowest BCUT2D eigenvalue weighted by atomic mass is 9.47. The Hall–Kier alpha value is -0.920. The molecule has 0 bridgehead atoms. The monoisotopic (exact) mass is 398 g/mol. The van der Waals surface area contributed by atoms with Crippen molar-refractivity contribution in [3.8, 4) is 0 Å². The molecule has 0 heterocycles. The van der Waals surface area contributed by atoms with Gasteiger partial charge in [-0.2, -0.15) is 0 Å². The summed E-state index contributed by atoms with van der Waals surface area (Å²) >= 11 is 0. The molecular weight excluding hydrogens is 356 g/mol. The number of rotatable bonds is 5. The van der Waals surface area contributed by atoms with Gasteiger partial charge in [-0.3, -0.25) is 9.59 Å². The van der Waals surface area contributed by atoms with E-state index in [-0.39, 0.29) is 16.7 Å². The molecule has 3 fully saturated rings. The molecule has 0 aromatic heterocycles. The van der Waals surface area contributed by atoms with Crippen molar-refractivity contribution in [2.75, 3.05) is 0 Å². The van der Waals surface area contributed by atoms with Gasteiger partial charge in [-0.05, 0) is 72.5 Å². The molecule has 0 saturated heterocycles. The van der Waals surface area contributed by atoms with Gasteiger partial charge >= 0.3 is 0 Å². The van der Waals surface area contributed by atoms with Crippen molar-refractivity contribution >= 4 is 11.6 Å². The highest BCUT2D eigenvalue weighted by Crippen LogP contribution is 2.66. The van der Waals surface area contributed by atoms with Gasteiger partial charge in [0, 0.05) is 25.2 Å². The highest BCUT2D eigenvalue weighted by Gasteiger charge is 2.61. The number of carbonyl (C=O) groups excluding carboxylic acids is 2. The second-order valence-electron chi connectivity index (χ2n) is 12.0. The van der Waals surface area contributed by atoms with Crippen LogP contribution in [0.3, 0.4) is 0 Å². The predicted molar refractivity (Wildman–Crippen MR) is 118 cm³/mol. The van der Waals surface area contributed by atoms with Gasteiger partial charge in [-0.1, -0.05) is 59.1 Å². The van der Waals surface area contributed by atoms with E-state index in [1.807, 2.05) is 0 Å². The Morgan fingerprint density at radius 3 is 2.55 bits per heavy atom. The molecule has 0 aromatic rings. The Bertz CT molecular complexity index is 703. The van der Waals surface area contributed by atoms with Crippen LogP contribution in [0.25, 0.3) is 0 Å². The van der Waals surface area contributed by atoms with Gasteiger partial charge in [0.1, 0.15) is 11.6 Å². The quantitative estimate of drug-likeness (QED) is 0.479. The number of allylic oxidation sites excluding steroid dienone is 2. The van der Waals surface area contributed by atoms with E-state index < -0.39 is 0 Å². The van der Waals surface area contributed by atoms with Crippen molar-refractivity contribution in [1.82, 2.24) is 0 Å². The minimum atomic E-state index is 0.196. The molecule has 0 amide bonds. The average Bonchev–Trinajstić information content (AvgIpc) is 2.92. The number of carbonyl (C=O) groups is 2. The van der Waals surface area contributed by atoms with Crippen LogP contribution in [0.2, 0.25) is 0 Å². The molecular formula is C27H42O2. The van der Waals surface area contributed by atoms with Gasteiger partial charge in [0.05, 0.1) is 0 Å². The zero-order valence-corrected chi connectivity index (χ0v) is 19.4. The van der Waals surface area contributed by atoms with Crippen LogP contribution in [0.4, 0.5) is 0 Å². The Balaban J connectivity index is 1.55. The van der Waals surface area contributed by atoms with Crippen LogP contribution in [0.1, 0.15) is 98.8 Å². The Morgan fingerprint density at radius 2 is 1.83 bits per heavy atom. The maximum atomic E-state index is 13.3. The third-order valence-corrected chi connectivity index (χ3v) is 9.86. The van der Waals surface area contributed by atoms with E-state index in [9.17, 15) is 9.59 Å². The molecule has 0 N–H and O–H groups in total. The number of hydrogen-bond donors (Lipinski definition) is 0. The maximum absolute atomic E-state index is 13.3. The summed E-state index contributed by atoms with van der Waals surface area (Å²) in [6.07, 6.45) is 13.0. The van der Waals surface area contributed by atoms with Crippen molar-refractivity contribution in [2.45, 2.75) is 98.8 Å². The van der Waals surface area contributed by atoms with Crippen molar-refractivity contribution in [3.05, 3.63) is 11.6 Å². The first-order valence-corrected chi connectivity index (χ1v) is 12.4. The van der Waals surface area contributed by atoms with E-state index in [0.717, 1.165) is 31.6 Å². The minimum Gasteiger partial charge on any atom is -0.299 e. The summed E-state index contributed by atoms with van der Waals surface area (Å²) in [6.45, 7) is 11.9. The molecule has 4 aliphatic rings. The molecule has 7 unspecified atom stereocenters. The highest BCUT2D eigenvalue weighted by atomic mass is 16.1. The average molecular weight is 399 g/mol. The zero-order valence-electron chi connectivity index (χ0n) is 19.4. The van der Waals surface area contributed by atoms with E-state index in [1.165, 1.54) is 37.7 Å². The van der Waals surface area contributed by atoms with Crippen LogP contribution in [0, 0.1) is 46.3 Å². The molecule has 0 aromatic carbocycles. The number of fused-ring (bicyclic) bond motifs is 5. The van der Waals surface area contributed by atoms with E-state index in [4.69, 9.17) is 0 Å². The normalized spacial score (nSPS) is 42.9. The smallest absolute Gasteiger partial charge is 0.137 e. The first-order valence-electron chi connectivity index (χ1n) is 12.4. The van der Waals surface area contributed by atoms with Gasteiger partial charge in [0.25, 0.3) is 0 Å². The molecule has 0 aliphatic heterocycles. The highest BCUT2D eigenvalue weighted by molar-refractivity contribution is 5.85. The SMILES string of the molecule is CC(C)CCCC(C)C1C(=O)CC2C3CC=C4CC(=O)CCC4(C)C3CCC21C. The maximum Gasteiger partial charge on any atom is 0.137 e. The summed E-state index contributed by atoms with van der Waals surface area (Å²) in [4.78, 5) is 25.4. The summed E-state index contributed by atoms with van der Waals surface area (Å²) in [7, 11) is 0. The fourth-order valence-electron chi connectivity index (χ4n) is 8.29. The van der Waals surface area contributed by atoms with Gasteiger partial charge in [0.2, 0.25) is 0 Å². The van der Waals surface area contributed by atoms with Crippen molar-refractivity contribution < 1.29 is 9.59 Å². The van der Waals surface area contributed by atoms with Crippen molar-refractivity contribution in [2.24, 2.45) is 46.3 Å². The summed E-state index contributed by atoms with van der Waals surface area (Å²) in [5.41, 5.74) is 1.84. The van der Waals surface area contributed by atoms with Crippen molar-refractivity contribution in [3.63, 3.8) is 0 Å². The molecule has 0 radical (unpaired) electrons. The van der Waals surface area contributed by atoms with E-state index in [1.54, 1.807) is 0 Å². The molecule has 2 heteroatoms. The van der Waals surface area contributed by atoms with Crippen LogP contribution >= 0.6 is 0 Å². The summed E-state index contributed by atoms with van der Waals surface area (Å²) in [5.74, 6) is 4.42. The summed E-state index contributed by atoms with van der Waals surface area (Å²) in [5, 5.41) is 0. The number of hydrogen-bond acceptors (Lipinski definition) is 2. The Labute approximate surface area is 178 Å². The standard InChI is InChI=1S/C27H42O2/c1-17(2)7-6-8-18(3)25-24(29)16-23-21-10-9-19-15-20(28)11-13-26(19,4)22(21)12-14-27(23,25)5/h9,17-18,21-23,25H,6-8,10-16H2,1-5H3. The third-order valence-electron chi connectivity index (χ3n) is 9.86. The van der Waals surface area contributed by atoms with E-state index >= 15 is 0 Å². The molecule has 162 valence electrons. The third kappa shape index (κ3) is 3.47. The first kappa shape index (κ1) is 21.3. The fraction of sp³-hybridized carbons (Fsp3) is 0.852. The Morgan fingerprint density at radius 1 is 1.07 bits per heavy atom. The number of ketones is 2. The van der Waals surface area contributed by atoms with Crippen LogP contribution in [-0.2, 0) is 9.59 Å². The molecule has 29 heavy (non-hydrogen) atoms. The molecule has 7 atom stereocenters. The van der Waals surface area contributed by atoms with Crippen molar-refractivity contribution in [1.29, 1.82) is 0 Å². The summed E-state index contributed by atoms with van der Waals surface area (Å²) < 4.78 is 0. The molecule has 4 rings (SSSR count). The molecule has 0 spiro atoms.